The van der Waals surface area contributed by atoms with Gasteiger partial charge in [0, 0.05) is 34.1 Å². The van der Waals surface area contributed by atoms with Crippen LogP contribution in [0, 0.1) is 0 Å². The molecule has 0 saturated heterocycles. The minimum Gasteiger partial charge on any atom is 0 e. The molecule has 0 bridgehead atoms. The van der Waals surface area contributed by atoms with Crippen LogP contribution in [0.2, 0.25) is 0 Å². The fourth-order valence-electron chi connectivity index (χ4n) is 0. The molecule has 0 unspecified atom stereocenters. The van der Waals surface area contributed by atoms with Gasteiger partial charge < -0.3 is 14.7 Å². The van der Waals surface area contributed by atoms with E-state index in [1.807, 2.05) is 0 Å². The predicted octanol–water partition coefficient (Wildman–Crippen LogP) is -2.50. The molecule has 9 heavy (non-hydrogen) atoms. The van der Waals surface area contributed by atoms with Gasteiger partial charge in [0.15, 0.2) is 0 Å². The molecular weight excluding hydrogens is 237 g/mol. The molecule has 0 fully saturated rings. The molecular formula is H6FeLiMgMnO4P. The van der Waals surface area contributed by atoms with Crippen molar-refractivity contribution in [2.75, 3.05) is 0 Å². The summed E-state index contributed by atoms with van der Waals surface area (Å²) in [7, 11) is -4.64. The van der Waals surface area contributed by atoms with Gasteiger partial charge in [-0.1, -0.05) is 0 Å². The third kappa shape index (κ3) is 121. The minimum absolute atomic E-state index is 0. The molecule has 0 aromatic heterocycles. The average molecular weight is 243 g/mol. The van der Waals surface area contributed by atoms with E-state index in [0.29, 0.717) is 0 Å². The van der Waals surface area contributed by atoms with Crippen molar-refractivity contribution >= 4 is 49.7 Å². The molecule has 0 rings (SSSR count). The second-order valence-electron chi connectivity index (χ2n) is 0.513. The molecule has 1 radical (unpaired) electrons. The molecule has 0 saturated carbocycles. The first-order valence-electron chi connectivity index (χ1n) is 0.783. The van der Waals surface area contributed by atoms with Gasteiger partial charge in [0.05, 0.1) is 0 Å². The van der Waals surface area contributed by atoms with Crippen LogP contribution in [-0.2, 0) is 38.7 Å². The van der Waals surface area contributed by atoms with Gasteiger partial charge in [-0.15, -0.1) is 0 Å². The number of hydrogen-bond donors (Lipinski definition) is 3. The van der Waals surface area contributed by atoms with Gasteiger partial charge in [-0.25, -0.2) is 4.57 Å². The summed E-state index contributed by atoms with van der Waals surface area (Å²) in [5.74, 6) is 0. The van der Waals surface area contributed by atoms with Gasteiger partial charge in [0.2, 0.25) is 0 Å². The van der Waals surface area contributed by atoms with E-state index in [-0.39, 0.29) is 76.1 Å². The van der Waals surface area contributed by atoms with Crippen molar-refractivity contribution in [2.45, 2.75) is 0 Å². The molecule has 0 aliphatic heterocycles. The van der Waals surface area contributed by atoms with Crippen molar-refractivity contribution in [3.05, 3.63) is 0 Å². The molecule has 0 aromatic carbocycles. The Balaban J connectivity index is -0.0000000133. The summed E-state index contributed by atoms with van der Waals surface area (Å²) in [6.45, 7) is 0. The van der Waals surface area contributed by atoms with Crippen LogP contribution in [0.1, 0.15) is 0 Å². The van der Waals surface area contributed by atoms with Crippen molar-refractivity contribution in [1.82, 2.24) is 0 Å². The number of rotatable bonds is 0. The topological polar surface area (TPSA) is 77.8 Å². The first-order chi connectivity index (χ1) is 2.00. The Labute approximate surface area is 102 Å². The SMILES string of the molecule is O=P(O)(O)O.[Fe].[LiH].[MgH2].[Mn]. The van der Waals surface area contributed by atoms with E-state index in [2.05, 4.69) is 0 Å². The van der Waals surface area contributed by atoms with Crippen LogP contribution in [0.3, 0.4) is 0 Å². The molecule has 0 atom stereocenters. The fraction of sp³-hybridized carbons (Fsp3) is 0. The zero-order valence-corrected chi connectivity index (χ0v) is 6.11. The Morgan fingerprint density at radius 1 is 1.11 bits per heavy atom. The zero-order chi connectivity index (χ0) is 4.50. The van der Waals surface area contributed by atoms with Crippen LogP contribution >= 0.6 is 7.82 Å². The van der Waals surface area contributed by atoms with Gasteiger partial charge in [-0.3, -0.25) is 0 Å². The Morgan fingerprint density at radius 2 is 1.11 bits per heavy atom. The third-order valence-corrected chi connectivity index (χ3v) is 0. The largest absolute Gasteiger partial charge is 0.316 e. The summed E-state index contributed by atoms with van der Waals surface area (Å²) >= 11 is 0. The molecule has 0 heterocycles. The molecule has 0 spiro atoms. The zero-order valence-electron chi connectivity index (χ0n) is 2.93. The van der Waals surface area contributed by atoms with Crippen LogP contribution in [0.5, 0.6) is 0 Å². The summed E-state index contributed by atoms with van der Waals surface area (Å²) in [5, 5.41) is 0. The Bertz CT molecular complexity index is 66.7. The van der Waals surface area contributed by atoms with Crippen LogP contribution in [-0.4, -0.2) is 56.6 Å². The normalized spacial score (nSPS) is 6.56. The summed E-state index contributed by atoms with van der Waals surface area (Å²) in [4.78, 5) is 21.6. The minimum atomic E-state index is -4.64. The van der Waals surface area contributed by atoms with E-state index in [0.717, 1.165) is 0 Å². The van der Waals surface area contributed by atoms with Crippen LogP contribution in [0.25, 0.3) is 0 Å². The van der Waals surface area contributed by atoms with Crippen LogP contribution in [0.15, 0.2) is 0 Å². The van der Waals surface area contributed by atoms with E-state index in [4.69, 9.17) is 19.2 Å². The maximum Gasteiger partial charge on any atom is 0.316 e. The monoisotopic (exact) mass is 243 g/mol. The molecule has 3 N–H and O–H groups in total. The molecule has 4 nitrogen and oxygen atoms in total. The maximum atomic E-state index is 8.88. The number of phosphoric acid groups is 1. The Morgan fingerprint density at radius 3 is 1.11 bits per heavy atom. The van der Waals surface area contributed by atoms with Crippen molar-refractivity contribution in [3.8, 4) is 0 Å². The van der Waals surface area contributed by atoms with E-state index < -0.39 is 7.82 Å². The smallest absolute Gasteiger partial charge is 0 e. The standard InChI is InChI=1S/Fe.Li.Mg.Mn.H3O4P.3H/c;;;;1-5(2,3)4;;;/h;;;;(H3,1,2,3,4);;;. The Hall–Kier alpha value is 2.51. The molecule has 0 amide bonds. The van der Waals surface area contributed by atoms with Crippen molar-refractivity contribution in [3.63, 3.8) is 0 Å². The van der Waals surface area contributed by atoms with Crippen molar-refractivity contribution in [1.29, 1.82) is 0 Å². The van der Waals surface area contributed by atoms with E-state index in [9.17, 15) is 0 Å². The van der Waals surface area contributed by atoms with Gasteiger partial charge in [-0.05, 0) is 0 Å². The van der Waals surface area contributed by atoms with Gasteiger partial charge >= 0.3 is 49.7 Å². The van der Waals surface area contributed by atoms with Crippen molar-refractivity contribution < 1.29 is 53.4 Å². The second-order valence-corrected chi connectivity index (χ2v) is 1.54. The van der Waals surface area contributed by atoms with Crippen LogP contribution < -0.4 is 0 Å². The second kappa shape index (κ2) is 13.1. The quantitative estimate of drug-likeness (QED) is 0.325. The molecule has 53 valence electrons. The van der Waals surface area contributed by atoms with Gasteiger partial charge in [0.1, 0.15) is 0 Å². The summed E-state index contributed by atoms with van der Waals surface area (Å²) in [5.41, 5.74) is 0. The maximum absolute atomic E-state index is 8.88. The van der Waals surface area contributed by atoms with Crippen molar-refractivity contribution in [2.24, 2.45) is 0 Å². The van der Waals surface area contributed by atoms with E-state index in [1.165, 1.54) is 0 Å². The van der Waals surface area contributed by atoms with Crippen LogP contribution in [0.4, 0.5) is 0 Å². The average Bonchev–Trinajstić information content (AvgIpc) is 0.722. The molecule has 0 aliphatic rings. The fourth-order valence-corrected chi connectivity index (χ4v) is 0. The molecule has 9 heteroatoms. The molecule has 0 aromatic rings. The van der Waals surface area contributed by atoms with E-state index >= 15 is 0 Å². The van der Waals surface area contributed by atoms with Gasteiger partial charge in [0.25, 0.3) is 0 Å². The summed E-state index contributed by atoms with van der Waals surface area (Å²) < 4.78 is 8.88. The Kier molecular flexibility index (Phi) is 43.8. The summed E-state index contributed by atoms with van der Waals surface area (Å²) in [6.07, 6.45) is 0. The number of hydrogen-bond acceptors (Lipinski definition) is 1. The predicted molar refractivity (Wildman–Crippen MR) is 30.0 cm³/mol. The van der Waals surface area contributed by atoms with E-state index in [1.54, 1.807) is 0 Å². The molecule has 0 aliphatic carbocycles. The van der Waals surface area contributed by atoms with Gasteiger partial charge in [-0.2, -0.15) is 0 Å². The summed E-state index contributed by atoms with van der Waals surface area (Å²) in [6, 6.07) is 0. The first kappa shape index (κ1) is 30.0. The first-order valence-corrected chi connectivity index (χ1v) is 2.35. The third-order valence-electron chi connectivity index (χ3n) is 0.